The van der Waals surface area contributed by atoms with Gasteiger partial charge in [0.05, 0.1) is 6.61 Å². The van der Waals surface area contributed by atoms with Crippen LogP contribution in [0.2, 0.25) is 0 Å². The average molecular weight is 358 g/mol. The van der Waals surface area contributed by atoms with Gasteiger partial charge < -0.3 is 14.8 Å². The smallest absolute Gasteiger partial charge is 0.306 e. The molecule has 1 N–H and O–H groups in total. The third-order valence-corrected chi connectivity index (χ3v) is 2.90. The van der Waals surface area contributed by atoms with Crippen molar-refractivity contribution in [3.63, 3.8) is 0 Å². The Kier molecular flexibility index (Phi) is 7.82. The molecule has 0 saturated heterocycles. The zero-order valence-electron chi connectivity index (χ0n) is 12.2. The highest BCUT2D eigenvalue weighted by Crippen LogP contribution is 2.17. The van der Waals surface area contributed by atoms with Crippen LogP contribution >= 0.6 is 15.9 Å². The number of carbonyl (C=O) groups is 2. The molecule has 0 spiro atoms. The van der Waals surface area contributed by atoms with Gasteiger partial charge in [0.25, 0.3) is 5.91 Å². The van der Waals surface area contributed by atoms with Gasteiger partial charge in [-0.2, -0.15) is 0 Å². The van der Waals surface area contributed by atoms with Gasteiger partial charge in [-0.15, -0.1) is 0 Å². The van der Waals surface area contributed by atoms with Crippen LogP contribution in [-0.4, -0.2) is 31.1 Å². The topological polar surface area (TPSA) is 64.6 Å². The summed E-state index contributed by atoms with van der Waals surface area (Å²) in [6.07, 6.45) is 0.764. The first-order valence-electron chi connectivity index (χ1n) is 6.80. The van der Waals surface area contributed by atoms with Gasteiger partial charge in [0, 0.05) is 16.9 Å². The lowest BCUT2D eigenvalue weighted by atomic mass is 10.3. The maximum absolute atomic E-state index is 11.4. The molecule has 1 aromatic carbocycles. The van der Waals surface area contributed by atoms with E-state index < -0.39 is 5.97 Å². The molecule has 5 nitrogen and oxygen atoms in total. The van der Waals surface area contributed by atoms with Crippen LogP contribution < -0.4 is 10.1 Å². The number of amides is 1. The van der Waals surface area contributed by atoms with E-state index in [2.05, 4.69) is 21.2 Å². The molecule has 0 saturated carbocycles. The average Bonchev–Trinajstić information content (AvgIpc) is 2.41. The Hall–Kier alpha value is -1.56. The summed E-state index contributed by atoms with van der Waals surface area (Å²) in [5.74, 6) is 0.0598. The minimum Gasteiger partial charge on any atom is -0.494 e. The molecule has 0 fully saturated rings. The van der Waals surface area contributed by atoms with Gasteiger partial charge in [0.1, 0.15) is 5.75 Å². The summed E-state index contributed by atoms with van der Waals surface area (Å²) in [7, 11) is 0. The van der Waals surface area contributed by atoms with Gasteiger partial charge in [-0.1, -0.05) is 22.0 Å². The minimum atomic E-state index is -0.397. The summed E-state index contributed by atoms with van der Waals surface area (Å²) in [6.45, 7) is 3.88. The fourth-order valence-corrected chi connectivity index (χ4v) is 1.92. The molecule has 0 aromatic heterocycles. The lowest BCUT2D eigenvalue weighted by Crippen LogP contribution is -2.33. The number of esters is 1. The number of hydrogen-bond donors (Lipinski definition) is 1. The third kappa shape index (κ3) is 8.34. The Labute approximate surface area is 133 Å². The van der Waals surface area contributed by atoms with Crippen molar-refractivity contribution in [1.29, 1.82) is 0 Å². The number of rotatable bonds is 8. The van der Waals surface area contributed by atoms with Crippen molar-refractivity contribution >= 4 is 27.8 Å². The summed E-state index contributed by atoms with van der Waals surface area (Å²) < 4.78 is 11.3. The molecule has 116 valence electrons. The van der Waals surface area contributed by atoms with Gasteiger partial charge in [0.2, 0.25) is 0 Å². The first-order chi connectivity index (χ1) is 9.97. The van der Waals surface area contributed by atoms with Crippen LogP contribution in [0.1, 0.15) is 26.7 Å². The van der Waals surface area contributed by atoms with Crippen LogP contribution in [0.25, 0.3) is 0 Å². The number of halogens is 1. The van der Waals surface area contributed by atoms with E-state index in [0.29, 0.717) is 13.0 Å². The predicted molar refractivity (Wildman–Crippen MR) is 83.1 cm³/mol. The molecular formula is C15H20BrNO4. The Morgan fingerprint density at radius 3 is 2.76 bits per heavy atom. The number of hydrogen-bond acceptors (Lipinski definition) is 4. The van der Waals surface area contributed by atoms with E-state index in [4.69, 9.17) is 9.47 Å². The van der Waals surface area contributed by atoms with Gasteiger partial charge in [-0.3, -0.25) is 9.59 Å². The molecule has 0 bridgehead atoms. The summed E-state index contributed by atoms with van der Waals surface area (Å²) in [5, 5.41) is 2.65. The number of nitrogens with one attached hydrogen (secondary N) is 1. The van der Waals surface area contributed by atoms with Crippen LogP contribution in [-0.2, 0) is 14.3 Å². The van der Waals surface area contributed by atoms with E-state index in [-0.39, 0.29) is 25.0 Å². The summed E-state index contributed by atoms with van der Waals surface area (Å²) in [6, 6.07) is 7.52. The maximum atomic E-state index is 11.4. The predicted octanol–water partition coefficient (Wildman–Crippen LogP) is 2.68. The number of benzene rings is 1. The van der Waals surface area contributed by atoms with Crippen molar-refractivity contribution < 1.29 is 19.1 Å². The SMILES string of the molecule is CC(C)NC(=O)COC(=O)CCCOc1cccc(Br)c1. The van der Waals surface area contributed by atoms with E-state index >= 15 is 0 Å². The van der Waals surface area contributed by atoms with Crippen LogP contribution in [0.4, 0.5) is 0 Å². The number of carbonyl (C=O) groups excluding carboxylic acids is 2. The largest absolute Gasteiger partial charge is 0.494 e. The van der Waals surface area contributed by atoms with Crippen molar-refractivity contribution in [3.05, 3.63) is 28.7 Å². The molecule has 0 aliphatic carbocycles. The van der Waals surface area contributed by atoms with Crippen molar-refractivity contribution in [2.24, 2.45) is 0 Å². The Morgan fingerprint density at radius 1 is 1.33 bits per heavy atom. The Morgan fingerprint density at radius 2 is 2.10 bits per heavy atom. The number of ether oxygens (including phenoxy) is 2. The van der Waals surface area contributed by atoms with E-state index in [1.165, 1.54) is 0 Å². The van der Waals surface area contributed by atoms with Gasteiger partial charge >= 0.3 is 5.97 Å². The molecule has 0 atom stereocenters. The van der Waals surface area contributed by atoms with Crippen LogP contribution in [0, 0.1) is 0 Å². The summed E-state index contributed by atoms with van der Waals surface area (Å²) in [5.41, 5.74) is 0. The first-order valence-corrected chi connectivity index (χ1v) is 7.60. The molecule has 1 aromatic rings. The summed E-state index contributed by atoms with van der Waals surface area (Å²) in [4.78, 5) is 22.7. The van der Waals surface area contributed by atoms with E-state index in [9.17, 15) is 9.59 Å². The molecule has 0 heterocycles. The fourth-order valence-electron chi connectivity index (χ4n) is 1.55. The highest BCUT2D eigenvalue weighted by Gasteiger charge is 2.08. The normalized spacial score (nSPS) is 10.3. The lowest BCUT2D eigenvalue weighted by Gasteiger charge is -2.09. The second-order valence-corrected chi connectivity index (χ2v) is 5.71. The molecule has 1 rings (SSSR count). The molecule has 0 aliphatic heterocycles. The van der Waals surface area contributed by atoms with Crippen molar-refractivity contribution in [2.45, 2.75) is 32.7 Å². The summed E-state index contributed by atoms with van der Waals surface area (Å²) >= 11 is 3.35. The zero-order chi connectivity index (χ0) is 15.7. The second kappa shape index (κ2) is 9.39. The van der Waals surface area contributed by atoms with Gasteiger partial charge in [-0.25, -0.2) is 0 Å². The monoisotopic (exact) mass is 357 g/mol. The molecule has 1 amide bonds. The Bertz CT molecular complexity index is 476. The molecule has 0 aliphatic rings. The maximum Gasteiger partial charge on any atom is 0.306 e. The lowest BCUT2D eigenvalue weighted by molar-refractivity contribution is -0.148. The van der Waals surface area contributed by atoms with Crippen LogP contribution in [0.5, 0.6) is 5.75 Å². The first kappa shape index (κ1) is 17.5. The zero-order valence-corrected chi connectivity index (χ0v) is 13.8. The molecular weight excluding hydrogens is 338 g/mol. The van der Waals surface area contributed by atoms with Crippen molar-refractivity contribution in [3.8, 4) is 5.75 Å². The van der Waals surface area contributed by atoms with Gasteiger partial charge in [-0.05, 0) is 38.5 Å². The van der Waals surface area contributed by atoms with Crippen LogP contribution in [0.3, 0.4) is 0 Å². The van der Waals surface area contributed by atoms with Crippen LogP contribution in [0.15, 0.2) is 28.7 Å². The van der Waals surface area contributed by atoms with E-state index in [0.717, 1.165) is 10.2 Å². The molecule has 6 heteroatoms. The second-order valence-electron chi connectivity index (χ2n) is 4.79. The van der Waals surface area contributed by atoms with Crippen molar-refractivity contribution in [1.82, 2.24) is 5.32 Å². The molecule has 21 heavy (non-hydrogen) atoms. The molecule has 0 radical (unpaired) electrons. The standard InChI is InChI=1S/C15H20BrNO4/c1-11(2)17-14(18)10-21-15(19)7-4-8-20-13-6-3-5-12(16)9-13/h3,5-6,9,11H,4,7-8,10H2,1-2H3,(H,17,18). The minimum absolute atomic E-state index is 0.0369. The van der Waals surface area contributed by atoms with E-state index in [1.54, 1.807) is 0 Å². The van der Waals surface area contributed by atoms with E-state index in [1.807, 2.05) is 38.1 Å². The fraction of sp³-hybridized carbons (Fsp3) is 0.467. The Balaban J connectivity index is 2.12. The third-order valence-electron chi connectivity index (χ3n) is 2.40. The van der Waals surface area contributed by atoms with Crippen molar-refractivity contribution in [2.75, 3.05) is 13.2 Å². The quantitative estimate of drug-likeness (QED) is 0.573. The molecule has 0 unspecified atom stereocenters. The highest BCUT2D eigenvalue weighted by atomic mass is 79.9. The van der Waals surface area contributed by atoms with Gasteiger partial charge in [0.15, 0.2) is 6.61 Å². The highest BCUT2D eigenvalue weighted by molar-refractivity contribution is 9.10.